The van der Waals surface area contributed by atoms with Gasteiger partial charge in [-0.25, -0.2) is 0 Å². The molecule has 1 amide bonds. The van der Waals surface area contributed by atoms with Gasteiger partial charge in [-0.1, -0.05) is 226 Å². The van der Waals surface area contributed by atoms with Crippen LogP contribution >= 0.6 is 0 Å². The summed E-state index contributed by atoms with van der Waals surface area (Å²) in [6, 6.07) is 0. The van der Waals surface area contributed by atoms with Crippen LogP contribution in [0.3, 0.4) is 0 Å². The predicted molar refractivity (Wildman–Crippen MR) is 200 cm³/mol. The monoisotopic (exact) mass is 620 g/mol. The zero-order valence-electron chi connectivity index (χ0n) is 31.2. The van der Waals surface area contributed by atoms with Gasteiger partial charge in [-0.2, -0.15) is 0 Å². The molecule has 44 heavy (non-hydrogen) atoms. The molecule has 264 valence electrons. The maximum atomic E-state index is 13.2. The number of nitrogens with zero attached hydrogens (tertiary/aromatic N) is 1. The summed E-state index contributed by atoms with van der Waals surface area (Å²) in [6.45, 7) is 8.90. The molecule has 0 radical (unpaired) electrons. The zero-order chi connectivity index (χ0) is 32.0. The summed E-state index contributed by atoms with van der Waals surface area (Å²) >= 11 is 0. The van der Waals surface area contributed by atoms with Gasteiger partial charge in [0.1, 0.15) is 0 Å². The Morgan fingerprint density at radius 1 is 0.295 bits per heavy atom. The standard InChI is InChI=1S/C42H85NO/c1-4-7-10-13-16-19-22-23-24-25-26-27-30-33-36-39-42(44)43(40-37-34-31-28-20-17-14-11-8-5-2)41-38-35-32-29-21-18-15-12-9-6-3/h4-41H2,1-3H3. The van der Waals surface area contributed by atoms with Gasteiger partial charge in [0, 0.05) is 19.5 Å². The number of amides is 1. The Balaban J connectivity index is 4.00. The van der Waals surface area contributed by atoms with Gasteiger partial charge in [-0.3, -0.25) is 4.79 Å². The van der Waals surface area contributed by atoms with Crippen molar-refractivity contribution in [1.29, 1.82) is 0 Å². The lowest BCUT2D eigenvalue weighted by atomic mass is 10.0. The Morgan fingerprint density at radius 2 is 0.500 bits per heavy atom. The van der Waals surface area contributed by atoms with Crippen molar-refractivity contribution < 1.29 is 4.79 Å². The van der Waals surface area contributed by atoms with Crippen molar-refractivity contribution in [2.24, 2.45) is 0 Å². The lowest BCUT2D eigenvalue weighted by molar-refractivity contribution is -0.131. The molecule has 0 unspecified atom stereocenters. The minimum Gasteiger partial charge on any atom is -0.343 e. The first kappa shape index (κ1) is 43.5. The number of hydrogen-bond acceptors (Lipinski definition) is 1. The van der Waals surface area contributed by atoms with Gasteiger partial charge in [0.05, 0.1) is 0 Å². The normalized spacial score (nSPS) is 11.4. The molecule has 0 N–H and O–H groups in total. The molecule has 0 aliphatic rings. The molecule has 0 aliphatic carbocycles. The number of hydrogen-bond donors (Lipinski definition) is 0. The van der Waals surface area contributed by atoms with E-state index >= 15 is 0 Å². The third-order valence-corrected chi connectivity index (χ3v) is 9.91. The lowest BCUT2D eigenvalue weighted by Crippen LogP contribution is -2.32. The fraction of sp³-hybridized carbons (Fsp3) is 0.976. The van der Waals surface area contributed by atoms with Crippen LogP contribution in [0.15, 0.2) is 0 Å². The van der Waals surface area contributed by atoms with E-state index < -0.39 is 0 Å². The smallest absolute Gasteiger partial charge is 0.222 e. The molecule has 0 bridgehead atoms. The molecule has 0 aromatic carbocycles. The number of rotatable bonds is 38. The van der Waals surface area contributed by atoms with E-state index in [2.05, 4.69) is 25.7 Å². The number of unbranched alkanes of at least 4 members (excludes halogenated alkanes) is 32. The third kappa shape index (κ3) is 34.3. The van der Waals surface area contributed by atoms with Crippen molar-refractivity contribution in [3.63, 3.8) is 0 Å². The largest absolute Gasteiger partial charge is 0.343 e. The molecule has 0 saturated heterocycles. The van der Waals surface area contributed by atoms with Gasteiger partial charge in [-0.15, -0.1) is 0 Å². The van der Waals surface area contributed by atoms with E-state index in [-0.39, 0.29) is 0 Å². The van der Waals surface area contributed by atoms with Crippen molar-refractivity contribution in [3.05, 3.63) is 0 Å². The Morgan fingerprint density at radius 3 is 0.750 bits per heavy atom. The quantitative estimate of drug-likeness (QED) is 0.0630. The zero-order valence-corrected chi connectivity index (χ0v) is 31.2. The highest BCUT2D eigenvalue weighted by molar-refractivity contribution is 5.76. The molecule has 0 rings (SSSR count). The van der Waals surface area contributed by atoms with Crippen LogP contribution in [-0.4, -0.2) is 23.9 Å². The van der Waals surface area contributed by atoms with Crippen molar-refractivity contribution in [1.82, 2.24) is 4.90 Å². The van der Waals surface area contributed by atoms with Gasteiger partial charge in [0.25, 0.3) is 0 Å². The average Bonchev–Trinajstić information content (AvgIpc) is 3.03. The van der Waals surface area contributed by atoms with E-state index in [1.54, 1.807) is 0 Å². The van der Waals surface area contributed by atoms with Crippen LogP contribution in [0.2, 0.25) is 0 Å². The molecule has 2 heteroatoms. The van der Waals surface area contributed by atoms with Crippen molar-refractivity contribution >= 4 is 5.91 Å². The molecule has 0 spiro atoms. The van der Waals surface area contributed by atoms with E-state index in [4.69, 9.17) is 0 Å². The van der Waals surface area contributed by atoms with E-state index in [1.165, 1.54) is 218 Å². The summed E-state index contributed by atoms with van der Waals surface area (Å²) in [7, 11) is 0. The summed E-state index contributed by atoms with van der Waals surface area (Å²) in [4.78, 5) is 15.4. The molecule has 0 saturated carbocycles. The fourth-order valence-corrected chi connectivity index (χ4v) is 6.75. The summed E-state index contributed by atoms with van der Waals surface area (Å²) in [5, 5.41) is 0. The maximum Gasteiger partial charge on any atom is 0.222 e. The van der Waals surface area contributed by atoms with Crippen molar-refractivity contribution in [3.8, 4) is 0 Å². The number of carbonyl (C=O) groups is 1. The Kier molecular flexibility index (Phi) is 38.2. The van der Waals surface area contributed by atoms with Crippen molar-refractivity contribution in [2.45, 2.75) is 252 Å². The van der Waals surface area contributed by atoms with Crippen LogP contribution in [0, 0.1) is 0 Å². The first-order chi connectivity index (χ1) is 21.8. The van der Waals surface area contributed by atoms with E-state index in [9.17, 15) is 4.79 Å². The van der Waals surface area contributed by atoms with Crippen LogP contribution in [0.1, 0.15) is 252 Å². The average molecular weight is 620 g/mol. The van der Waals surface area contributed by atoms with Crippen molar-refractivity contribution in [2.75, 3.05) is 13.1 Å². The minimum atomic E-state index is 0.451. The SMILES string of the molecule is CCCCCCCCCCCCCCCCCC(=O)N(CCCCCCCCCCCC)CCCCCCCCCCCC. The summed E-state index contributed by atoms with van der Waals surface area (Å²) < 4.78 is 0. The molecule has 0 fully saturated rings. The minimum absolute atomic E-state index is 0.451. The predicted octanol–water partition coefficient (Wildman–Crippen LogP) is 14.9. The molecule has 2 nitrogen and oxygen atoms in total. The molecule has 0 atom stereocenters. The third-order valence-electron chi connectivity index (χ3n) is 9.91. The molecule has 0 aliphatic heterocycles. The summed E-state index contributed by atoms with van der Waals surface area (Å²) in [6.07, 6.45) is 48.9. The maximum absolute atomic E-state index is 13.2. The van der Waals surface area contributed by atoms with Crippen LogP contribution in [0.25, 0.3) is 0 Å². The fourth-order valence-electron chi connectivity index (χ4n) is 6.75. The molecule has 0 aromatic heterocycles. The van der Waals surface area contributed by atoms with Crippen LogP contribution < -0.4 is 0 Å². The van der Waals surface area contributed by atoms with Crippen LogP contribution in [0.5, 0.6) is 0 Å². The van der Waals surface area contributed by atoms with Gasteiger partial charge in [0.2, 0.25) is 5.91 Å². The van der Waals surface area contributed by atoms with Gasteiger partial charge >= 0.3 is 0 Å². The van der Waals surface area contributed by atoms with E-state index in [0.717, 1.165) is 25.9 Å². The van der Waals surface area contributed by atoms with Gasteiger partial charge in [-0.05, 0) is 19.3 Å². The van der Waals surface area contributed by atoms with E-state index in [1.807, 2.05) is 0 Å². The van der Waals surface area contributed by atoms with Crippen LogP contribution in [-0.2, 0) is 4.79 Å². The molecular weight excluding hydrogens is 534 g/mol. The highest BCUT2D eigenvalue weighted by atomic mass is 16.2. The highest BCUT2D eigenvalue weighted by Crippen LogP contribution is 2.16. The van der Waals surface area contributed by atoms with E-state index in [0.29, 0.717) is 5.91 Å². The van der Waals surface area contributed by atoms with Gasteiger partial charge < -0.3 is 4.90 Å². The highest BCUT2D eigenvalue weighted by Gasteiger charge is 2.12. The Bertz CT molecular complexity index is 508. The second-order valence-corrected chi connectivity index (χ2v) is 14.4. The first-order valence-electron chi connectivity index (χ1n) is 21.0. The van der Waals surface area contributed by atoms with Crippen LogP contribution in [0.4, 0.5) is 0 Å². The molecular formula is C42H85NO. The topological polar surface area (TPSA) is 20.3 Å². The second kappa shape index (κ2) is 38.7. The Hall–Kier alpha value is -0.530. The number of carbonyl (C=O) groups excluding carboxylic acids is 1. The first-order valence-corrected chi connectivity index (χ1v) is 21.0. The Labute approximate surface area is 280 Å². The molecule has 0 aromatic rings. The summed E-state index contributed by atoms with van der Waals surface area (Å²) in [5.74, 6) is 0.451. The lowest BCUT2D eigenvalue weighted by Gasteiger charge is -2.23. The molecule has 0 heterocycles. The van der Waals surface area contributed by atoms with Gasteiger partial charge in [0.15, 0.2) is 0 Å². The summed E-state index contributed by atoms with van der Waals surface area (Å²) in [5.41, 5.74) is 0. The second-order valence-electron chi connectivity index (χ2n) is 14.4.